The maximum atomic E-state index is 5.31. The summed E-state index contributed by atoms with van der Waals surface area (Å²) in [6.45, 7) is 1.04. The lowest BCUT2D eigenvalue weighted by Crippen LogP contribution is -2.13. The SMILES string of the molecule is Brc1ccc(Cc2noc(C3CCCN3)n2)cc1. The molecule has 1 atom stereocenters. The Morgan fingerprint density at radius 1 is 1.33 bits per heavy atom. The van der Waals surface area contributed by atoms with Gasteiger partial charge in [-0.05, 0) is 37.1 Å². The monoisotopic (exact) mass is 307 g/mol. The molecule has 1 aliphatic heterocycles. The second-order valence-corrected chi connectivity index (χ2v) is 5.42. The molecule has 1 saturated heterocycles. The molecule has 0 radical (unpaired) electrons. The summed E-state index contributed by atoms with van der Waals surface area (Å²) in [4.78, 5) is 4.46. The van der Waals surface area contributed by atoms with Gasteiger partial charge in [0.15, 0.2) is 5.82 Å². The average molecular weight is 308 g/mol. The summed E-state index contributed by atoms with van der Waals surface area (Å²) in [5.74, 6) is 1.47. The Labute approximate surface area is 114 Å². The second-order valence-electron chi connectivity index (χ2n) is 4.50. The predicted molar refractivity (Wildman–Crippen MR) is 71.2 cm³/mol. The third kappa shape index (κ3) is 2.62. The van der Waals surface area contributed by atoms with Gasteiger partial charge in [0.2, 0.25) is 5.89 Å². The molecule has 0 spiro atoms. The van der Waals surface area contributed by atoms with Crippen LogP contribution in [0.3, 0.4) is 0 Å². The van der Waals surface area contributed by atoms with Crippen LogP contribution in [0.5, 0.6) is 0 Å². The van der Waals surface area contributed by atoms with E-state index in [9.17, 15) is 0 Å². The van der Waals surface area contributed by atoms with Crippen LogP contribution < -0.4 is 5.32 Å². The molecule has 0 bridgehead atoms. The highest BCUT2D eigenvalue weighted by Crippen LogP contribution is 2.21. The van der Waals surface area contributed by atoms with Crippen LogP contribution in [0.2, 0.25) is 0 Å². The smallest absolute Gasteiger partial charge is 0.243 e. The first-order valence-corrected chi connectivity index (χ1v) is 6.91. The Bertz CT molecular complexity index is 517. The van der Waals surface area contributed by atoms with Gasteiger partial charge in [-0.25, -0.2) is 0 Å². The van der Waals surface area contributed by atoms with Crippen molar-refractivity contribution in [2.24, 2.45) is 0 Å². The van der Waals surface area contributed by atoms with E-state index in [4.69, 9.17) is 4.52 Å². The summed E-state index contributed by atoms with van der Waals surface area (Å²) < 4.78 is 6.39. The van der Waals surface area contributed by atoms with Gasteiger partial charge in [-0.1, -0.05) is 33.2 Å². The Kier molecular flexibility index (Phi) is 3.43. The van der Waals surface area contributed by atoms with Crippen molar-refractivity contribution in [3.63, 3.8) is 0 Å². The Hall–Kier alpha value is -1.20. The van der Waals surface area contributed by atoms with E-state index in [1.54, 1.807) is 0 Å². The molecular formula is C13H14BrN3O. The van der Waals surface area contributed by atoms with Gasteiger partial charge in [0.25, 0.3) is 0 Å². The summed E-state index contributed by atoms with van der Waals surface area (Å²) >= 11 is 3.42. The van der Waals surface area contributed by atoms with E-state index < -0.39 is 0 Å². The van der Waals surface area contributed by atoms with E-state index in [0.29, 0.717) is 6.42 Å². The lowest BCUT2D eigenvalue weighted by atomic mass is 10.1. The largest absolute Gasteiger partial charge is 0.338 e. The van der Waals surface area contributed by atoms with Crippen molar-refractivity contribution in [3.05, 3.63) is 46.0 Å². The molecule has 94 valence electrons. The van der Waals surface area contributed by atoms with Crippen molar-refractivity contribution in [2.45, 2.75) is 25.3 Å². The third-order valence-corrected chi connectivity index (χ3v) is 3.65. The minimum absolute atomic E-state index is 0.246. The van der Waals surface area contributed by atoms with Crippen molar-refractivity contribution in [2.75, 3.05) is 6.54 Å². The number of nitrogens with one attached hydrogen (secondary N) is 1. The zero-order chi connectivity index (χ0) is 12.4. The van der Waals surface area contributed by atoms with Gasteiger partial charge >= 0.3 is 0 Å². The molecule has 0 saturated carbocycles. The van der Waals surface area contributed by atoms with E-state index in [-0.39, 0.29) is 6.04 Å². The summed E-state index contributed by atoms with van der Waals surface area (Å²) in [6.07, 6.45) is 2.97. The van der Waals surface area contributed by atoms with E-state index in [1.807, 2.05) is 12.1 Å². The van der Waals surface area contributed by atoms with Crippen LogP contribution in [0.1, 0.15) is 36.2 Å². The number of aromatic nitrogens is 2. The van der Waals surface area contributed by atoms with Crippen molar-refractivity contribution < 1.29 is 4.52 Å². The first-order valence-electron chi connectivity index (χ1n) is 6.11. The van der Waals surface area contributed by atoms with Crippen LogP contribution in [0, 0.1) is 0 Å². The minimum Gasteiger partial charge on any atom is -0.338 e. The molecule has 1 aromatic heterocycles. The molecule has 1 aliphatic rings. The van der Waals surface area contributed by atoms with Crippen molar-refractivity contribution in [1.29, 1.82) is 0 Å². The van der Waals surface area contributed by atoms with Gasteiger partial charge in [-0.2, -0.15) is 4.98 Å². The number of hydrogen-bond acceptors (Lipinski definition) is 4. The molecule has 5 heteroatoms. The molecule has 1 aromatic carbocycles. The lowest BCUT2D eigenvalue weighted by Gasteiger charge is -2.01. The molecule has 2 aromatic rings. The zero-order valence-corrected chi connectivity index (χ0v) is 11.5. The first kappa shape index (κ1) is 11.9. The highest BCUT2D eigenvalue weighted by molar-refractivity contribution is 9.10. The first-order chi connectivity index (χ1) is 8.81. The Balaban J connectivity index is 1.71. The molecule has 1 N–H and O–H groups in total. The molecule has 0 amide bonds. The second kappa shape index (κ2) is 5.20. The fraction of sp³-hybridized carbons (Fsp3) is 0.385. The highest BCUT2D eigenvalue weighted by Gasteiger charge is 2.22. The number of halogens is 1. The number of benzene rings is 1. The zero-order valence-electron chi connectivity index (χ0n) is 9.90. The van der Waals surface area contributed by atoms with E-state index in [1.165, 1.54) is 12.0 Å². The molecular weight excluding hydrogens is 294 g/mol. The Morgan fingerprint density at radius 2 is 2.17 bits per heavy atom. The van der Waals surface area contributed by atoms with E-state index >= 15 is 0 Å². The van der Waals surface area contributed by atoms with Gasteiger partial charge in [0.05, 0.1) is 6.04 Å². The summed E-state index contributed by atoms with van der Waals surface area (Å²) in [5.41, 5.74) is 1.19. The molecule has 0 aliphatic carbocycles. The van der Waals surface area contributed by atoms with Gasteiger partial charge in [0, 0.05) is 10.9 Å². The topological polar surface area (TPSA) is 51.0 Å². The van der Waals surface area contributed by atoms with E-state index in [0.717, 1.165) is 29.2 Å². The quantitative estimate of drug-likeness (QED) is 0.947. The number of rotatable bonds is 3. The van der Waals surface area contributed by atoms with Crippen LogP contribution in [0.25, 0.3) is 0 Å². The lowest BCUT2D eigenvalue weighted by molar-refractivity contribution is 0.341. The number of nitrogens with zero attached hydrogens (tertiary/aromatic N) is 2. The molecule has 18 heavy (non-hydrogen) atoms. The van der Waals surface area contributed by atoms with Gasteiger partial charge in [-0.15, -0.1) is 0 Å². The third-order valence-electron chi connectivity index (χ3n) is 3.12. The fourth-order valence-electron chi connectivity index (χ4n) is 2.16. The van der Waals surface area contributed by atoms with E-state index in [2.05, 4.69) is 43.5 Å². The van der Waals surface area contributed by atoms with Crippen molar-refractivity contribution >= 4 is 15.9 Å². The van der Waals surface area contributed by atoms with Gasteiger partial charge in [0.1, 0.15) is 0 Å². The van der Waals surface area contributed by atoms with Crippen LogP contribution >= 0.6 is 15.9 Å². The van der Waals surface area contributed by atoms with Crippen molar-refractivity contribution in [1.82, 2.24) is 15.5 Å². The molecule has 2 heterocycles. The highest BCUT2D eigenvalue weighted by atomic mass is 79.9. The fourth-order valence-corrected chi connectivity index (χ4v) is 2.43. The van der Waals surface area contributed by atoms with Gasteiger partial charge < -0.3 is 9.84 Å². The summed E-state index contributed by atoms with van der Waals surface area (Å²) in [7, 11) is 0. The van der Waals surface area contributed by atoms with Crippen LogP contribution in [-0.2, 0) is 6.42 Å². The standard InChI is InChI=1S/C13H14BrN3O/c14-10-5-3-9(4-6-10)8-12-16-13(18-17-12)11-2-1-7-15-11/h3-6,11,15H,1-2,7-8H2. The van der Waals surface area contributed by atoms with Crippen molar-refractivity contribution in [3.8, 4) is 0 Å². The molecule has 1 fully saturated rings. The molecule has 3 rings (SSSR count). The summed E-state index contributed by atoms with van der Waals surface area (Å²) in [5, 5.41) is 7.40. The number of hydrogen-bond donors (Lipinski definition) is 1. The average Bonchev–Trinajstić information content (AvgIpc) is 3.02. The van der Waals surface area contributed by atoms with Crippen LogP contribution in [0.4, 0.5) is 0 Å². The normalized spacial score (nSPS) is 19.3. The summed E-state index contributed by atoms with van der Waals surface area (Å²) in [6, 6.07) is 8.42. The minimum atomic E-state index is 0.246. The Morgan fingerprint density at radius 3 is 2.89 bits per heavy atom. The maximum absolute atomic E-state index is 5.31. The molecule has 4 nitrogen and oxygen atoms in total. The van der Waals surface area contributed by atoms with Gasteiger partial charge in [-0.3, -0.25) is 0 Å². The van der Waals surface area contributed by atoms with Crippen LogP contribution in [0.15, 0.2) is 33.3 Å². The maximum Gasteiger partial charge on any atom is 0.243 e. The molecule has 1 unspecified atom stereocenters. The van der Waals surface area contributed by atoms with Crippen LogP contribution in [-0.4, -0.2) is 16.7 Å². The predicted octanol–water partition coefficient (Wildman–Crippen LogP) is 2.85.